The number of allylic oxidation sites excluding steroid dienone is 14. The lowest BCUT2D eigenvalue weighted by molar-refractivity contribution is -0.167. The van der Waals surface area contributed by atoms with E-state index in [-0.39, 0.29) is 31.1 Å². The zero-order chi connectivity index (χ0) is 51.4. The molecule has 6 nitrogen and oxygen atoms in total. The summed E-state index contributed by atoms with van der Waals surface area (Å²) in [7, 11) is 0. The second-order valence-corrected chi connectivity index (χ2v) is 19.9. The van der Waals surface area contributed by atoms with E-state index in [2.05, 4.69) is 106 Å². The fraction of sp³-hybridized carbons (Fsp3) is 0.738. The maximum atomic E-state index is 12.9. The Hall–Kier alpha value is -3.41. The molecule has 0 saturated heterocycles. The van der Waals surface area contributed by atoms with E-state index in [9.17, 15) is 14.4 Å². The first-order valence-corrected chi connectivity index (χ1v) is 30.1. The fourth-order valence-corrected chi connectivity index (χ4v) is 8.38. The maximum absolute atomic E-state index is 12.9. The number of hydrogen-bond donors (Lipinski definition) is 0. The van der Waals surface area contributed by atoms with Gasteiger partial charge in [0.2, 0.25) is 0 Å². The zero-order valence-corrected chi connectivity index (χ0v) is 46.7. The molecule has 1 atom stereocenters. The van der Waals surface area contributed by atoms with Crippen molar-refractivity contribution in [2.45, 2.75) is 297 Å². The van der Waals surface area contributed by atoms with Crippen LogP contribution in [0.1, 0.15) is 290 Å². The van der Waals surface area contributed by atoms with E-state index < -0.39 is 6.10 Å². The number of hydrogen-bond acceptors (Lipinski definition) is 6. The van der Waals surface area contributed by atoms with Gasteiger partial charge in [-0.1, -0.05) is 260 Å². The monoisotopic (exact) mass is 989 g/mol. The Morgan fingerprint density at radius 2 is 0.549 bits per heavy atom. The lowest BCUT2D eigenvalue weighted by Crippen LogP contribution is -2.30. The summed E-state index contributed by atoms with van der Waals surface area (Å²) in [6, 6.07) is 0. The van der Waals surface area contributed by atoms with E-state index in [0.29, 0.717) is 19.3 Å². The summed E-state index contributed by atoms with van der Waals surface area (Å²) in [6.45, 7) is 6.50. The van der Waals surface area contributed by atoms with E-state index in [1.165, 1.54) is 148 Å². The van der Waals surface area contributed by atoms with E-state index in [4.69, 9.17) is 14.2 Å². The van der Waals surface area contributed by atoms with Crippen molar-refractivity contribution in [2.75, 3.05) is 13.2 Å². The third-order valence-corrected chi connectivity index (χ3v) is 12.9. The fourth-order valence-electron chi connectivity index (χ4n) is 8.38. The van der Waals surface area contributed by atoms with Crippen LogP contribution in [0.5, 0.6) is 0 Å². The second-order valence-electron chi connectivity index (χ2n) is 19.9. The number of carbonyl (C=O) groups is 3. The van der Waals surface area contributed by atoms with Gasteiger partial charge in [-0.25, -0.2) is 0 Å². The number of unbranched alkanes of at least 4 members (excludes halogenated alkanes) is 29. The van der Waals surface area contributed by atoms with Crippen molar-refractivity contribution in [3.05, 3.63) is 85.1 Å². The highest BCUT2D eigenvalue weighted by Crippen LogP contribution is 2.16. The molecule has 0 rings (SSSR count). The summed E-state index contributed by atoms with van der Waals surface area (Å²) in [5.41, 5.74) is 0. The van der Waals surface area contributed by atoms with Crippen molar-refractivity contribution >= 4 is 17.9 Å². The van der Waals surface area contributed by atoms with Crippen LogP contribution in [0.2, 0.25) is 0 Å². The average molecular weight is 990 g/mol. The van der Waals surface area contributed by atoms with Crippen molar-refractivity contribution in [1.82, 2.24) is 0 Å². The quantitative estimate of drug-likeness (QED) is 0.0261. The minimum Gasteiger partial charge on any atom is -0.462 e. The third-order valence-electron chi connectivity index (χ3n) is 12.9. The molecule has 6 heteroatoms. The average Bonchev–Trinajstić information content (AvgIpc) is 3.37. The predicted octanol–water partition coefficient (Wildman–Crippen LogP) is 20.3. The first-order chi connectivity index (χ1) is 35.0. The summed E-state index contributed by atoms with van der Waals surface area (Å²) in [4.78, 5) is 38.2. The summed E-state index contributed by atoms with van der Waals surface area (Å²) >= 11 is 0. The summed E-state index contributed by atoms with van der Waals surface area (Å²) in [5.74, 6) is -0.935. The molecule has 0 N–H and O–H groups in total. The van der Waals surface area contributed by atoms with E-state index in [0.717, 1.165) is 103 Å². The van der Waals surface area contributed by atoms with Crippen molar-refractivity contribution < 1.29 is 28.6 Å². The number of esters is 3. The highest BCUT2D eigenvalue weighted by Gasteiger charge is 2.19. The Morgan fingerprint density at radius 3 is 0.901 bits per heavy atom. The molecule has 0 aromatic carbocycles. The Morgan fingerprint density at radius 1 is 0.296 bits per heavy atom. The molecule has 0 radical (unpaired) electrons. The Bertz CT molecular complexity index is 1370. The van der Waals surface area contributed by atoms with Crippen molar-refractivity contribution in [1.29, 1.82) is 0 Å². The van der Waals surface area contributed by atoms with Gasteiger partial charge in [0.25, 0.3) is 0 Å². The zero-order valence-electron chi connectivity index (χ0n) is 46.7. The van der Waals surface area contributed by atoms with Crippen molar-refractivity contribution in [2.24, 2.45) is 0 Å². The summed E-state index contributed by atoms with van der Waals surface area (Å²) in [5, 5.41) is 0. The van der Waals surface area contributed by atoms with E-state index in [1.807, 2.05) is 0 Å². The Balaban J connectivity index is 4.44. The van der Waals surface area contributed by atoms with Crippen molar-refractivity contribution in [3.8, 4) is 0 Å². The van der Waals surface area contributed by atoms with Gasteiger partial charge in [-0.15, -0.1) is 0 Å². The van der Waals surface area contributed by atoms with Crippen LogP contribution in [0.3, 0.4) is 0 Å². The van der Waals surface area contributed by atoms with Gasteiger partial charge in [-0.05, 0) is 96.3 Å². The molecule has 0 aromatic rings. The maximum Gasteiger partial charge on any atom is 0.306 e. The molecule has 0 bridgehead atoms. The number of ether oxygens (including phenoxy) is 3. The minimum absolute atomic E-state index is 0.0927. The van der Waals surface area contributed by atoms with Crippen LogP contribution < -0.4 is 0 Å². The predicted molar refractivity (Wildman–Crippen MR) is 307 cm³/mol. The van der Waals surface area contributed by atoms with Gasteiger partial charge in [-0.2, -0.15) is 0 Å². The van der Waals surface area contributed by atoms with Gasteiger partial charge in [0.1, 0.15) is 13.2 Å². The lowest BCUT2D eigenvalue weighted by atomic mass is 10.0. The lowest BCUT2D eigenvalue weighted by Gasteiger charge is -2.18. The molecule has 0 saturated carbocycles. The normalized spacial score (nSPS) is 12.7. The summed E-state index contributed by atoms with van der Waals surface area (Å²) < 4.78 is 16.9. The highest BCUT2D eigenvalue weighted by atomic mass is 16.6. The molecular formula is C65H112O6. The van der Waals surface area contributed by atoms with Gasteiger partial charge in [-0.3, -0.25) is 14.4 Å². The standard InChI is InChI=1S/C65H112O6/c1-4-7-10-13-16-19-22-25-28-30-32-33-34-36-37-40-43-46-49-52-55-58-64(67)70-61-62(60-69-63(66)57-54-51-48-45-42-39-27-24-21-18-15-12-9-6-3)71-65(68)59-56-53-50-47-44-41-38-35-31-29-26-23-20-17-14-11-8-5-2/h7,10,16,19,24-25,27-28,32-33,36-37,43,46,62H,4-6,8-9,11-15,17-18,20-23,26,29-31,34-35,38-42,44-45,47-61H2,1-3H3/b10-7-,19-16-,27-24-,28-25-,33-32-,37-36-,46-43-. The molecule has 1 unspecified atom stereocenters. The molecular weight excluding hydrogens is 877 g/mol. The molecule has 0 aromatic heterocycles. The van der Waals surface area contributed by atoms with E-state index in [1.54, 1.807) is 0 Å². The first-order valence-electron chi connectivity index (χ1n) is 30.1. The number of carbonyl (C=O) groups excluding carboxylic acids is 3. The molecule has 71 heavy (non-hydrogen) atoms. The molecule has 0 aliphatic heterocycles. The van der Waals surface area contributed by atoms with Crippen LogP contribution in [0.4, 0.5) is 0 Å². The summed E-state index contributed by atoms with van der Waals surface area (Å²) in [6.07, 6.45) is 77.2. The van der Waals surface area contributed by atoms with E-state index >= 15 is 0 Å². The largest absolute Gasteiger partial charge is 0.462 e. The minimum atomic E-state index is -0.797. The van der Waals surface area contributed by atoms with Crippen LogP contribution in [0, 0.1) is 0 Å². The number of rotatable bonds is 54. The van der Waals surface area contributed by atoms with Crippen LogP contribution in [0.25, 0.3) is 0 Å². The Kier molecular flexibility index (Phi) is 56.3. The highest BCUT2D eigenvalue weighted by molar-refractivity contribution is 5.71. The molecule has 0 aliphatic carbocycles. The van der Waals surface area contributed by atoms with Gasteiger partial charge < -0.3 is 14.2 Å². The molecule has 408 valence electrons. The third kappa shape index (κ3) is 57.4. The molecule has 0 heterocycles. The van der Waals surface area contributed by atoms with Crippen molar-refractivity contribution in [3.63, 3.8) is 0 Å². The Labute approximate surface area is 439 Å². The SMILES string of the molecule is CC/C=C\C/C=C\C/C=C\C/C=C\C/C=C\C/C=C\CCCCC(=O)OCC(COC(=O)CCCCCCC/C=C\CCCCCCC)OC(=O)CCCCCCCCCCCCCCCCCCCC. The second kappa shape index (κ2) is 59.2. The van der Waals surface area contributed by atoms with Gasteiger partial charge in [0.15, 0.2) is 6.10 Å². The smallest absolute Gasteiger partial charge is 0.306 e. The topological polar surface area (TPSA) is 78.9 Å². The van der Waals surface area contributed by atoms with Crippen LogP contribution in [0.15, 0.2) is 85.1 Å². The molecule has 0 fully saturated rings. The van der Waals surface area contributed by atoms with Crippen LogP contribution in [-0.4, -0.2) is 37.2 Å². The first kappa shape index (κ1) is 67.6. The molecule has 0 spiro atoms. The molecule has 0 amide bonds. The van der Waals surface area contributed by atoms with Gasteiger partial charge >= 0.3 is 17.9 Å². The molecule has 0 aliphatic rings. The van der Waals surface area contributed by atoms with Gasteiger partial charge in [0.05, 0.1) is 0 Å². The van der Waals surface area contributed by atoms with Gasteiger partial charge in [0, 0.05) is 19.3 Å². The van der Waals surface area contributed by atoms with Crippen LogP contribution in [-0.2, 0) is 28.6 Å². The van der Waals surface area contributed by atoms with Crippen LogP contribution >= 0.6 is 0 Å².